The van der Waals surface area contributed by atoms with Crippen LogP contribution in [0.1, 0.15) is 83.5 Å². The second-order valence-electron chi connectivity index (χ2n) is 8.10. The van der Waals surface area contributed by atoms with E-state index in [2.05, 4.69) is 28.7 Å². The van der Waals surface area contributed by atoms with Gasteiger partial charge < -0.3 is 15.7 Å². The summed E-state index contributed by atoms with van der Waals surface area (Å²) in [5.41, 5.74) is 0. The highest BCUT2D eigenvalue weighted by Gasteiger charge is 2.08. The molecular formula is C25H47N3O3. The molecule has 0 aliphatic rings. The molecule has 180 valence electrons. The fourth-order valence-corrected chi connectivity index (χ4v) is 3.37. The van der Waals surface area contributed by atoms with Gasteiger partial charge in [0.15, 0.2) is 0 Å². The van der Waals surface area contributed by atoms with Gasteiger partial charge >= 0.3 is 0 Å². The van der Waals surface area contributed by atoms with Gasteiger partial charge in [-0.2, -0.15) is 0 Å². The van der Waals surface area contributed by atoms with Crippen LogP contribution in [0, 0.1) is 0 Å². The monoisotopic (exact) mass is 437 g/mol. The van der Waals surface area contributed by atoms with Gasteiger partial charge in [-0.05, 0) is 44.9 Å². The second kappa shape index (κ2) is 23.0. The van der Waals surface area contributed by atoms with E-state index in [-0.39, 0.29) is 18.4 Å². The van der Waals surface area contributed by atoms with E-state index in [9.17, 15) is 9.59 Å². The molecule has 0 rings (SSSR count). The lowest BCUT2D eigenvalue weighted by atomic mass is 10.1. The smallest absolute Gasteiger partial charge is 0.220 e. The number of unbranched alkanes of at least 4 members (excludes halogenated alkanes) is 8. The summed E-state index contributed by atoms with van der Waals surface area (Å²) in [5.74, 6) is 0.208. The van der Waals surface area contributed by atoms with Gasteiger partial charge in [-0.25, -0.2) is 0 Å². The third kappa shape index (κ3) is 21.4. The summed E-state index contributed by atoms with van der Waals surface area (Å²) >= 11 is 0. The summed E-state index contributed by atoms with van der Waals surface area (Å²) in [6.45, 7) is 11.0. The van der Waals surface area contributed by atoms with Crippen LogP contribution in [0.15, 0.2) is 25.3 Å². The van der Waals surface area contributed by atoms with Gasteiger partial charge in [0.1, 0.15) is 0 Å². The number of hydrogen-bond acceptors (Lipinski definition) is 4. The molecular weight excluding hydrogens is 390 g/mol. The van der Waals surface area contributed by atoms with E-state index in [1.54, 1.807) is 0 Å². The lowest BCUT2D eigenvalue weighted by Gasteiger charge is -2.22. The maximum Gasteiger partial charge on any atom is 0.220 e. The Balaban J connectivity index is 3.86. The molecule has 0 aliphatic heterocycles. The van der Waals surface area contributed by atoms with Crippen molar-refractivity contribution < 1.29 is 14.7 Å². The van der Waals surface area contributed by atoms with Crippen molar-refractivity contribution in [3.63, 3.8) is 0 Å². The molecule has 6 nitrogen and oxygen atoms in total. The van der Waals surface area contributed by atoms with E-state index in [0.29, 0.717) is 32.4 Å². The number of aliphatic hydroxyl groups excluding tert-OH is 1. The molecule has 0 aromatic rings. The number of aliphatic hydroxyl groups is 1. The summed E-state index contributed by atoms with van der Waals surface area (Å²) in [7, 11) is 0. The average Bonchev–Trinajstić information content (AvgIpc) is 2.76. The molecule has 0 saturated heterocycles. The molecule has 0 aromatic heterocycles. The zero-order valence-electron chi connectivity index (χ0n) is 19.7. The lowest BCUT2D eigenvalue weighted by molar-refractivity contribution is -0.121. The molecule has 0 fully saturated rings. The minimum absolute atomic E-state index is 0.104. The number of nitrogens with zero attached hydrogens (tertiary/aromatic N) is 1. The SMILES string of the molecule is C=CCCCCCCC(=O)NCCN(CCCO)CCNC(=O)CCCCCCC=C. The molecule has 0 heterocycles. The second-order valence-corrected chi connectivity index (χ2v) is 8.10. The maximum atomic E-state index is 12.0. The van der Waals surface area contributed by atoms with Gasteiger partial charge in [0.2, 0.25) is 11.8 Å². The first-order valence-corrected chi connectivity index (χ1v) is 12.2. The highest BCUT2D eigenvalue weighted by atomic mass is 16.3. The fraction of sp³-hybridized carbons (Fsp3) is 0.760. The first-order chi connectivity index (χ1) is 15.1. The summed E-state index contributed by atoms with van der Waals surface area (Å²) in [6, 6.07) is 0. The van der Waals surface area contributed by atoms with Crippen LogP contribution >= 0.6 is 0 Å². The van der Waals surface area contributed by atoms with Crippen molar-refractivity contribution in [1.82, 2.24) is 15.5 Å². The van der Waals surface area contributed by atoms with Gasteiger partial charge in [0.25, 0.3) is 0 Å². The Morgan fingerprint density at radius 2 is 1.13 bits per heavy atom. The van der Waals surface area contributed by atoms with Gasteiger partial charge in [0, 0.05) is 52.2 Å². The first kappa shape index (κ1) is 29.3. The van der Waals surface area contributed by atoms with Gasteiger partial charge in [-0.1, -0.05) is 37.8 Å². The molecule has 0 spiro atoms. The van der Waals surface area contributed by atoms with Crippen molar-refractivity contribution in [2.75, 3.05) is 39.3 Å². The number of amides is 2. The van der Waals surface area contributed by atoms with Crippen LogP contribution in [0.2, 0.25) is 0 Å². The number of nitrogens with one attached hydrogen (secondary N) is 2. The Morgan fingerprint density at radius 1 is 0.677 bits per heavy atom. The van der Waals surface area contributed by atoms with E-state index < -0.39 is 0 Å². The number of hydrogen-bond donors (Lipinski definition) is 3. The molecule has 31 heavy (non-hydrogen) atoms. The summed E-state index contributed by atoms with van der Waals surface area (Å²) in [6.07, 6.45) is 16.4. The Morgan fingerprint density at radius 3 is 1.55 bits per heavy atom. The highest BCUT2D eigenvalue weighted by Crippen LogP contribution is 2.06. The largest absolute Gasteiger partial charge is 0.396 e. The number of allylic oxidation sites excluding steroid dienone is 2. The molecule has 0 unspecified atom stereocenters. The van der Waals surface area contributed by atoms with E-state index >= 15 is 0 Å². The molecule has 0 aliphatic carbocycles. The maximum absolute atomic E-state index is 12.0. The first-order valence-electron chi connectivity index (χ1n) is 12.2. The van der Waals surface area contributed by atoms with E-state index in [0.717, 1.165) is 83.8 Å². The van der Waals surface area contributed by atoms with Crippen molar-refractivity contribution >= 4 is 11.8 Å². The average molecular weight is 438 g/mol. The fourth-order valence-electron chi connectivity index (χ4n) is 3.37. The van der Waals surface area contributed by atoms with Crippen LogP contribution in [0.4, 0.5) is 0 Å². The Labute approximate surface area is 190 Å². The van der Waals surface area contributed by atoms with Crippen LogP contribution in [0.25, 0.3) is 0 Å². The Kier molecular flexibility index (Phi) is 21.8. The topological polar surface area (TPSA) is 81.7 Å². The van der Waals surface area contributed by atoms with Crippen LogP contribution in [-0.4, -0.2) is 61.2 Å². The van der Waals surface area contributed by atoms with Crippen LogP contribution in [-0.2, 0) is 9.59 Å². The number of rotatable bonds is 23. The van der Waals surface area contributed by atoms with E-state index in [1.807, 2.05) is 12.2 Å². The van der Waals surface area contributed by atoms with Gasteiger partial charge in [-0.3, -0.25) is 14.5 Å². The molecule has 0 atom stereocenters. The molecule has 0 radical (unpaired) electrons. The van der Waals surface area contributed by atoms with Crippen LogP contribution in [0.5, 0.6) is 0 Å². The summed E-state index contributed by atoms with van der Waals surface area (Å²) in [4.78, 5) is 26.1. The predicted molar refractivity (Wildman–Crippen MR) is 130 cm³/mol. The van der Waals surface area contributed by atoms with E-state index in [1.165, 1.54) is 0 Å². The molecule has 0 aromatic carbocycles. The van der Waals surface area contributed by atoms with Crippen molar-refractivity contribution in [2.45, 2.75) is 83.5 Å². The van der Waals surface area contributed by atoms with Gasteiger partial charge in [-0.15, -0.1) is 13.2 Å². The molecule has 6 heteroatoms. The Hall–Kier alpha value is -1.66. The molecule has 0 saturated carbocycles. The minimum Gasteiger partial charge on any atom is -0.396 e. The Bertz CT molecular complexity index is 431. The zero-order chi connectivity index (χ0) is 23.0. The summed E-state index contributed by atoms with van der Waals surface area (Å²) in [5, 5.41) is 15.1. The third-order valence-corrected chi connectivity index (χ3v) is 5.26. The van der Waals surface area contributed by atoms with Gasteiger partial charge in [0.05, 0.1) is 0 Å². The van der Waals surface area contributed by atoms with Crippen molar-refractivity contribution in [3.8, 4) is 0 Å². The van der Waals surface area contributed by atoms with Crippen LogP contribution < -0.4 is 10.6 Å². The van der Waals surface area contributed by atoms with Crippen molar-refractivity contribution in [1.29, 1.82) is 0 Å². The molecule has 2 amide bonds. The lowest BCUT2D eigenvalue weighted by Crippen LogP contribution is -2.40. The standard InChI is InChI=1S/C25H47N3O3/c1-3-5-7-9-11-13-16-24(30)26-18-21-28(20-15-23-29)22-19-27-25(31)17-14-12-10-8-6-4-2/h3-4,29H,1-2,5-23H2,(H,26,30)(H,27,31). The highest BCUT2D eigenvalue weighted by molar-refractivity contribution is 5.76. The number of carbonyl (C=O) groups excluding carboxylic acids is 2. The molecule has 0 bridgehead atoms. The normalized spacial score (nSPS) is 10.8. The molecule has 3 N–H and O–H groups in total. The van der Waals surface area contributed by atoms with Crippen molar-refractivity contribution in [2.24, 2.45) is 0 Å². The van der Waals surface area contributed by atoms with Crippen molar-refractivity contribution in [3.05, 3.63) is 25.3 Å². The summed E-state index contributed by atoms with van der Waals surface area (Å²) < 4.78 is 0. The van der Waals surface area contributed by atoms with E-state index in [4.69, 9.17) is 5.11 Å². The number of carbonyl (C=O) groups is 2. The zero-order valence-corrected chi connectivity index (χ0v) is 19.7. The quantitative estimate of drug-likeness (QED) is 0.167. The predicted octanol–water partition coefficient (Wildman–Crippen LogP) is 3.96. The minimum atomic E-state index is 0.104. The third-order valence-electron chi connectivity index (χ3n) is 5.26. The van der Waals surface area contributed by atoms with Crippen LogP contribution in [0.3, 0.4) is 0 Å².